The highest BCUT2D eigenvalue weighted by atomic mass is 32.2. The molecule has 0 aromatic carbocycles. The Hall–Kier alpha value is -0.660. The molecule has 1 rings (SSSR count). The molecule has 1 unspecified atom stereocenters. The van der Waals surface area contributed by atoms with Crippen molar-refractivity contribution in [2.75, 3.05) is 31.9 Å². The van der Waals surface area contributed by atoms with E-state index in [4.69, 9.17) is 5.11 Å². The number of sulfonamides is 1. The van der Waals surface area contributed by atoms with Crippen LogP contribution in [-0.4, -0.2) is 56.3 Å². The van der Waals surface area contributed by atoms with Gasteiger partial charge >= 0.3 is 5.97 Å². The van der Waals surface area contributed by atoms with Gasteiger partial charge in [-0.25, -0.2) is 13.1 Å². The Morgan fingerprint density at radius 3 is 2.56 bits per heavy atom. The van der Waals surface area contributed by atoms with E-state index in [1.165, 1.54) is 12.8 Å². The summed E-state index contributed by atoms with van der Waals surface area (Å²) in [6.45, 7) is 5.45. The van der Waals surface area contributed by atoms with Crippen LogP contribution in [0.4, 0.5) is 0 Å². The molecule has 6 nitrogen and oxygen atoms in total. The maximum atomic E-state index is 11.5. The van der Waals surface area contributed by atoms with Crippen molar-refractivity contribution >= 4 is 16.0 Å². The van der Waals surface area contributed by atoms with Gasteiger partial charge < -0.3 is 10.0 Å². The lowest BCUT2D eigenvalue weighted by atomic mass is 10.2. The molecule has 0 bridgehead atoms. The molecule has 1 aliphatic heterocycles. The molecule has 1 fully saturated rings. The van der Waals surface area contributed by atoms with Crippen LogP contribution < -0.4 is 4.72 Å². The van der Waals surface area contributed by atoms with Gasteiger partial charge in [0.15, 0.2) is 0 Å². The molecule has 0 spiro atoms. The van der Waals surface area contributed by atoms with E-state index < -0.39 is 16.0 Å². The van der Waals surface area contributed by atoms with E-state index in [0.29, 0.717) is 6.54 Å². The molecular weight excluding hydrogens is 256 g/mol. The van der Waals surface area contributed by atoms with Crippen LogP contribution in [0, 0.1) is 5.92 Å². The third-order valence-electron chi connectivity index (χ3n) is 3.00. The van der Waals surface area contributed by atoms with Crippen LogP contribution in [0.1, 0.15) is 26.2 Å². The summed E-state index contributed by atoms with van der Waals surface area (Å²) in [5, 5.41) is 8.45. The quantitative estimate of drug-likeness (QED) is 0.658. The number of hydrogen-bond donors (Lipinski definition) is 2. The molecule has 106 valence electrons. The van der Waals surface area contributed by atoms with Crippen LogP contribution in [0.15, 0.2) is 0 Å². The normalized spacial score (nSPS) is 18.9. The van der Waals surface area contributed by atoms with Gasteiger partial charge in [-0.2, -0.15) is 0 Å². The third-order valence-corrected chi connectivity index (χ3v) is 4.35. The van der Waals surface area contributed by atoms with Crippen molar-refractivity contribution in [3.63, 3.8) is 0 Å². The molecule has 1 atom stereocenters. The highest BCUT2D eigenvalue weighted by molar-refractivity contribution is 7.89. The Bertz CT molecular complexity index is 363. The minimum absolute atomic E-state index is 0.239. The van der Waals surface area contributed by atoms with Crippen LogP contribution in [0.3, 0.4) is 0 Å². The van der Waals surface area contributed by atoms with Crippen LogP contribution in [-0.2, 0) is 14.8 Å². The summed E-state index contributed by atoms with van der Waals surface area (Å²) in [7, 11) is -3.45. The predicted octanol–water partition coefficient (Wildman–Crippen LogP) is 0.112. The van der Waals surface area contributed by atoms with Crippen LogP contribution in [0.5, 0.6) is 0 Å². The van der Waals surface area contributed by atoms with Crippen molar-refractivity contribution in [2.24, 2.45) is 5.92 Å². The van der Waals surface area contributed by atoms with Crippen LogP contribution in [0.25, 0.3) is 0 Å². The molecule has 0 aliphatic carbocycles. The summed E-state index contributed by atoms with van der Waals surface area (Å²) < 4.78 is 25.4. The molecule has 0 aromatic heterocycles. The zero-order valence-corrected chi connectivity index (χ0v) is 11.6. The zero-order valence-electron chi connectivity index (χ0n) is 10.8. The van der Waals surface area contributed by atoms with Crippen molar-refractivity contribution < 1.29 is 18.3 Å². The molecule has 0 amide bonds. The summed E-state index contributed by atoms with van der Waals surface area (Å²) in [5.74, 6) is -1.20. The van der Waals surface area contributed by atoms with E-state index in [0.717, 1.165) is 19.6 Å². The van der Waals surface area contributed by atoms with Gasteiger partial charge in [0, 0.05) is 13.1 Å². The molecule has 18 heavy (non-hydrogen) atoms. The van der Waals surface area contributed by atoms with Gasteiger partial charge in [-0.05, 0) is 31.8 Å². The number of rotatable bonds is 8. The second kappa shape index (κ2) is 7.06. The Morgan fingerprint density at radius 1 is 1.39 bits per heavy atom. The fourth-order valence-corrected chi connectivity index (χ4v) is 3.16. The first-order valence-corrected chi connectivity index (χ1v) is 7.96. The molecule has 2 N–H and O–H groups in total. The number of hydrogen-bond acceptors (Lipinski definition) is 4. The van der Waals surface area contributed by atoms with E-state index in [2.05, 4.69) is 9.62 Å². The molecule has 1 saturated heterocycles. The first-order chi connectivity index (χ1) is 8.39. The number of carboxylic acids is 1. The predicted molar refractivity (Wildman–Crippen MR) is 68.9 cm³/mol. The van der Waals surface area contributed by atoms with Gasteiger partial charge in [0.2, 0.25) is 10.0 Å². The van der Waals surface area contributed by atoms with E-state index in [1.54, 1.807) is 0 Å². The lowest BCUT2D eigenvalue weighted by Crippen LogP contribution is -2.35. The van der Waals surface area contributed by atoms with E-state index in [-0.39, 0.29) is 18.1 Å². The molecule has 0 radical (unpaired) electrons. The van der Waals surface area contributed by atoms with Crippen LogP contribution in [0.2, 0.25) is 0 Å². The van der Waals surface area contributed by atoms with Gasteiger partial charge in [0.05, 0.1) is 12.2 Å². The van der Waals surface area contributed by atoms with Crippen LogP contribution >= 0.6 is 0 Å². The van der Waals surface area contributed by atoms with E-state index in [9.17, 15) is 13.2 Å². The fraction of sp³-hybridized carbons (Fsp3) is 0.909. The number of aliphatic carboxylic acids is 1. The summed E-state index contributed by atoms with van der Waals surface area (Å²) in [6.07, 6.45) is 2.09. The number of carbonyl (C=O) groups is 1. The monoisotopic (exact) mass is 278 g/mol. The van der Waals surface area contributed by atoms with Gasteiger partial charge in [-0.3, -0.25) is 4.79 Å². The number of nitrogens with zero attached hydrogens (tertiary/aromatic N) is 1. The number of likely N-dealkylation sites (tertiary alicyclic amines) is 1. The van der Waals surface area contributed by atoms with E-state index >= 15 is 0 Å². The average Bonchev–Trinajstić information content (AvgIpc) is 2.77. The zero-order chi connectivity index (χ0) is 13.6. The lowest BCUT2D eigenvalue weighted by Gasteiger charge is -2.20. The third kappa shape index (κ3) is 6.32. The lowest BCUT2D eigenvalue weighted by molar-refractivity contribution is -0.136. The van der Waals surface area contributed by atoms with Gasteiger partial charge in [-0.1, -0.05) is 6.92 Å². The minimum Gasteiger partial charge on any atom is -0.481 e. The standard InChI is InChI=1S/C11H22N2O4S/c1-10(9-13-5-2-3-6-13)8-12-18(16,17)7-4-11(14)15/h10,12H,2-9H2,1H3,(H,14,15). The van der Waals surface area contributed by atoms with Gasteiger partial charge in [-0.15, -0.1) is 0 Å². The Kier molecular flexibility index (Phi) is 6.04. The molecule has 1 heterocycles. The topological polar surface area (TPSA) is 86.7 Å². The van der Waals surface area contributed by atoms with Gasteiger partial charge in [0.25, 0.3) is 0 Å². The summed E-state index contributed by atoms with van der Waals surface area (Å²) >= 11 is 0. The second-order valence-corrected chi connectivity index (χ2v) is 6.85. The Labute approximate surface area is 108 Å². The number of nitrogens with one attached hydrogen (secondary N) is 1. The fourth-order valence-electron chi connectivity index (χ4n) is 2.03. The molecule has 7 heteroatoms. The first-order valence-electron chi connectivity index (χ1n) is 6.30. The molecule has 1 aliphatic rings. The summed E-state index contributed by atoms with van der Waals surface area (Å²) in [4.78, 5) is 12.6. The van der Waals surface area contributed by atoms with Crippen molar-refractivity contribution in [2.45, 2.75) is 26.2 Å². The largest absolute Gasteiger partial charge is 0.481 e. The summed E-state index contributed by atoms with van der Waals surface area (Å²) in [5.41, 5.74) is 0. The van der Waals surface area contributed by atoms with Crippen molar-refractivity contribution in [1.82, 2.24) is 9.62 Å². The Morgan fingerprint density at radius 2 is 2.00 bits per heavy atom. The highest BCUT2D eigenvalue weighted by Gasteiger charge is 2.17. The maximum Gasteiger partial charge on any atom is 0.304 e. The number of carboxylic acid groups (broad SMARTS) is 1. The molecule has 0 saturated carbocycles. The minimum atomic E-state index is -3.45. The van der Waals surface area contributed by atoms with Crippen molar-refractivity contribution in [1.29, 1.82) is 0 Å². The summed E-state index contributed by atoms with van der Waals surface area (Å²) in [6, 6.07) is 0. The average molecular weight is 278 g/mol. The van der Waals surface area contributed by atoms with E-state index in [1.807, 2.05) is 6.92 Å². The SMILES string of the molecule is CC(CNS(=O)(=O)CCC(=O)O)CN1CCCC1. The molecule has 0 aromatic rings. The molecular formula is C11H22N2O4S. The highest BCUT2D eigenvalue weighted by Crippen LogP contribution is 2.09. The maximum absolute atomic E-state index is 11.5. The van der Waals surface area contributed by atoms with Crippen molar-refractivity contribution in [3.8, 4) is 0 Å². The van der Waals surface area contributed by atoms with Crippen molar-refractivity contribution in [3.05, 3.63) is 0 Å². The smallest absolute Gasteiger partial charge is 0.304 e. The second-order valence-electron chi connectivity index (χ2n) is 4.92. The Balaban J connectivity index is 2.23. The first kappa shape index (κ1) is 15.4. The van der Waals surface area contributed by atoms with Gasteiger partial charge in [0.1, 0.15) is 0 Å².